The molecule has 24 heavy (non-hydrogen) atoms. The van der Waals surface area contributed by atoms with Crippen LogP contribution >= 0.6 is 0 Å². The van der Waals surface area contributed by atoms with E-state index >= 15 is 0 Å². The molecular formula is C19H29N3O2. The van der Waals surface area contributed by atoms with Crippen LogP contribution in [-0.4, -0.2) is 43.5 Å². The number of hydrogen-bond acceptors (Lipinski definition) is 2. The summed E-state index contributed by atoms with van der Waals surface area (Å²) >= 11 is 0. The fourth-order valence-corrected chi connectivity index (χ4v) is 3.16. The fraction of sp³-hybridized carbons (Fsp3) is 0.579. The molecule has 1 aliphatic heterocycles. The summed E-state index contributed by atoms with van der Waals surface area (Å²) in [6, 6.07) is 8.67. The third-order valence-electron chi connectivity index (χ3n) is 4.70. The van der Waals surface area contributed by atoms with Crippen molar-refractivity contribution in [3.05, 3.63) is 35.4 Å². The Morgan fingerprint density at radius 3 is 2.33 bits per heavy atom. The molecule has 1 aliphatic rings. The molecule has 0 spiro atoms. The van der Waals surface area contributed by atoms with Gasteiger partial charge in [0.05, 0.1) is 0 Å². The van der Waals surface area contributed by atoms with Crippen LogP contribution in [0.4, 0.5) is 4.79 Å². The number of piperidine rings is 1. The molecule has 1 heterocycles. The zero-order valence-electron chi connectivity index (χ0n) is 14.8. The van der Waals surface area contributed by atoms with Crippen molar-refractivity contribution >= 4 is 11.9 Å². The van der Waals surface area contributed by atoms with Crippen LogP contribution < -0.4 is 10.6 Å². The Labute approximate surface area is 144 Å². The van der Waals surface area contributed by atoms with E-state index in [-0.39, 0.29) is 11.9 Å². The van der Waals surface area contributed by atoms with Crippen LogP contribution in [-0.2, 0) is 17.6 Å². The molecule has 0 aliphatic carbocycles. The average Bonchev–Trinajstić information content (AvgIpc) is 2.61. The molecule has 1 saturated heterocycles. The van der Waals surface area contributed by atoms with Gasteiger partial charge in [0.15, 0.2) is 0 Å². The second kappa shape index (κ2) is 9.30. The second-order valence-electron chi connectivity index (χ2n) is 6.46. The maximum Gasteiger partial charge on any atom is 0.317 e. The quantitative estimate of drug-likeness (QED) is 0.840. The molecule has 0 radical (unpaired) electrons. The van der Waals surface area contributed by atoms with Gasteiger partial charge in [-0.3, -0.25) is 4.79 Å². The van der Waals surface area contributed by atoms with Crippen LogP contribution in [0.2, 0.25) is 0 Å². The molecule has 1 aromatic rings. The van der Waals surface area contributed by atoms with Gasteiger partial charge >= 0.3 is 6.03 Å². The van der Waals surface area contributed by atoms with Gasteiger partial charge < -0.3 is 15.5 Å². The van der Waals surface area contributed by atoms with Gasteiger partial charge in [-0.05, 0) is 49.7 Å². The molecule has 2 rings (SSSR count). The van der Waals surface area contributed by atoms with Crippen LogP contribution in [0, 0.1) is 5.92 Å². The Morgan fingerprint density at radius 2 is 1.75 bits per heavy atom. The van der Waals surface area contributed by atoms with Gasteiger partial charge in [-0.2, -0.15) is 0 Å². The van der Waals surface area contributed by atoms with E-state index in [1.165, 1.54) is 11.1 Å². The standard InChI is InChI=1S/C19H29N3O2/c1-3-21-19(24)22-12-10-17(11-13-22)14-16-6-4-15(5-7-16)8-9-18(23)20-2/h4-7,17H,3,8-14H2,1-2H3,(H,20,23)(H,21,24). The van der Waals surface area contributed by atoms with Gasteiger partial charge in [0.1, 0.15) is 0 Å². The van der Waals surface area contributed by atoms with Crippen molar-refractivity contribution in [3.63, 3.8) is 0 Å². The van der Waals surface area contributed by atoms with Crippen molar-refractivity contribution in [1.29, 1.82) is 0 Å². The van der Waals surface area contributed by atoms with E-state index in [4.69, 9.17) is 0 Å². The highest BCUT2D eigenvalue weighted by molar-refractivity contribution is 5.75. The summed E-state index contributed by atoms with van der Waals surface area (Å²) in [5.74, 6) is 0.727. The van der Waals surface area contributed by atoms with E-state index in [1.54, 1.807) is 7.05 Å². The molecule has 0 atom stereocenters. The minimum atomic E-state index is 0.0661. The normalized spacial score (nSPS) is 15.2. The van der Waals surface area contributed by atoms with E-state index in [0.29, 0.717) is 18.9 Å². The topological polar surface area (TPSA) is 61.4 Å². The number of benzene rings is 1. The molecule has 0 saturated carbocycles. The number of rotatable bonds is 6. The molecule has 1 aromatic carbocycles. The van der Waals surface area contributed by atoms with E-state index in [9.17, 15) is 9.59 Å². The smallest absolute Gasteiger partial charge is 0.317 e. The number of nitrogens with zero attached hydrogens (tertiary/aromatic N) is 1. The Hall–Kier alpha value is -2.04. The molecule has 0 unspecified atom stereocenters. The number of likely N-dealkylation sites (tertiary alicyclic amines) is 1. The number of aryl methyl sites for hydroxylation is 1. The van der Waals surface area contributed by atoms with Crippen molar-refractivity contribution in [2.75, 3.05) is 26.7 Å². The van der Waals surface area contributed by atoms with Crippen molar-refractivity contribution in [3.8, 4) is 0 Å². The number of urea groups is 1. The lowest BCUT2D eigenvalue weighted by atomic mass is 9.90. The summed E-state index contributed by atoms with van der Waals surface area (Å²) in [6.45, 7) is 4.33. The van der Waals surface area contributed by atoms with Crippen molar-refractivity contribution < 1.29 is 9.59 Å². The highest BCUT2D eigenvalue weighted by Gasteiger charge is 2.22. The zero-order valence-corrected chi connectivity index (χ0v) is 14.8. The Morgan fingerprint density at radius 1 is 1.12 bits per heavy atom. The van der Waals surface area contributed by atoms with Gasteiger partial charge in [-0.25, -0.2) is 4.79 Å². The lowest BCUT2D eigenvalue weighted by Gasteiger charge is -2.32. The molecule has 1 fully saturated rings. The summed E-state index contributed by atoms with van der Waals surface area (Å²) in [5, 5.41) is 5.52. The summed E-state index contributed by atoms with van der Waals surface area (Å²) in [7, 11) is 1.67. The number of amides is 3. The molecule has 3 amide bonds. The second-order valence-corrected chi connectivity index (χ2v) is 6.46. The van der Waals surface area contributed by atoms with E-state index in [2.05, 4.69) is 34.9 Å². The van der Waals surface area contributed by atoms with Crippen LogP contribution in [0.3, 0.4) is 0 Å². The highest BCUT2D eigenvalue weighted by atomic mass is 16.2. The van der Waals surface area contributed by atoms with E-state index in [0.717, 1.165) is 38.8 Å². The number of carbonyl (C=O) groups excluding carboxylic acids is 2. The Kier molecular flexibility index (Phi) is 7.09. The van der Waals surface area contributed by atoms with Crippen LogP contribution in [0.5, 0.6) is 0 Å². The molecule has 0 aromatic heterocycles. The van der Waals surface area contributed by atoms with Gasteiger partial charge in [-0.1, -0.05) is 24.3 Å². The molecule has 132 valence electrons. The third kappa shape index (κ3) is 5.55. The average molecular weight is 331 g/mol. The van der Waals surface area contributed by atoms with Gasteiger partial charge in [0.2, 0.25) is 5.91 Å². The van der Waals surface area contributed by atoms with Crippen molar-refractivity contribution in [2.45, 2.75) is 39.0 Å². The number of nitrogens with one attached hydrogen (secondary N) is 2. The molecule has 2 N–H and O–H groups in total. The molecular weight excluding hydrogens is 302 g/mol. The monoisotopic (exact) mass is 331 g/mol. The molecule has 0 bridgehead atoms. The van der Waals surface area contributed by atoms with Gasteiger partial charge in [-0.15, -0.1) is 0 Å². The maximum absolute atomic E-state index is 11.8. The largest absolute Gasteiger partial charge is 0.359 e. The summed E-state index contributed by atoms with van der Waals surface area (Å²) in [5.41, 5.74) is 2.54. The Bertz CT molecular complexity index is 534. The maximum atomic E-state index is 11.8. The SMILES string of the molecule is CCNC(=O)N1CCC(Cc2ccc(CCC(=O)NC)cc2)CC1. The third-order valence-corrected chi connectivity index (χ3v) is 4.70. The van der Waals surface area contributed by atoms with Crippen molar-refractivity contribution in [2.24, 2.45) is 5.92 Å². The van der Waals surface area contributed by atoms with Crippen LogP contribution in [0.25, 0.3) is 0 Å². The van der Waals surface area contributed by atoms with Gasteiger partial charge in [0.25, 0.3) is 0 Å². The first-order valence-electron chi connectivity index (χ1n) is 8.93. The summed E-state index contributed by atoms with van der Waals surface area (Å²) in [4.78, 5) is 25.0. The van der Waals surface area contributed by atoms with Crippen LogP contribution in [0.1, 0.15) is 37.3 Å². The molecule has 5 heteroatoms. The molecule has 5 nitrogen and oxygen atoms in total. The van der Waals surface area contributed by atoms with Crippen molar-refractivity contribution in [1.82, 2.24) is 15.5 Å². The minimum Gasteiger partial charge on any atom is -0.359 e. The number of hydrogen-bond donors (Lipinski definition) is 2. The first kappa shape index (κ1) is 18.3. The van der Waals surface area contributed by atoms with E-state index < -0.39 is 0 Å². The van der Waals surface area contributed by atoms with Crippen LogP contribution in [0.15, 0.2) is 24.3 Å². The van der Waals surface area contributed by atoms with E-state index in [1.807, 2.05) is 11.8 Å². The van der Waals surface area contributed by atoms with Gasteiger partial charge in [0, 0.05) is 33.1 Å². The summed E-state index contributed by atoms with van der Waals surface area (Å²) in [6.07, 6.45) is 4.52. The number of carbonyl (C=O) groups is 2. The lowest BCUT2D eigenvalue weighted by Crippen LogP contribution is -2.44. The minimum absolute atomic E-state index is 0.0661. The highest BCUT2D eigenvalue weighted by Crippen LogP contribution is 2.22. The summed E-state index contributed by atoms with van der Waals surface area (Å²) < 4.78 is 0. The predicted octanol–water partition coefficient (Wildman–Crippen LogP) is 2.35. The fourth-order valence-electron chi connectivity index (χ4n) is 3.16. The first-order valence-corrected chi connectivity index (χ1v) is 8.93. The lowest BCUT2D eigenvalue weighted by molar-refractivity contribution is -0.120. The first-order chi connectivity index (χ1) is 11.6. The predicted molar refractivity (Wildman–Crippen MR) is 95.9 cm³/mol. The Balaban J connectivity index is 1.76. The zero-order chi connectivity index (χ0) is 17.4.